The molecule has 0 radical (unpaired) electrons. The molecule has 0 heterocycles. The summed E-state index contributed by atoms with van der Waals surface area (Å²) >= 11 is 0. The minimum atomic E-state index is -2.24. The molecule has 0 aliphatic heterocycles. The maximum atomic E-state index is 9.05. The molecule has 84 valence electrons. The maximum Gasteiger partial charge on any atom is 0.139 e. The van der Waals surface area contributed by atoms with Crippen molar-refractivity contribution in [2.75, 3.05) is 31.9 Å². The SMILES string of the molecule is NCN=NCCC[Si](CO)(CO)CO. The third-order valence-electron chi connectivity index (χ3n) is 2.15. The fourth-order valence-electron chi connectivity index (χ4n) is 1.04. The number of nitrogens with two attached hydrogens (primary N) is 1. The molecule has 14 heavy (non-hydrogen) atoms. The summed E-state index contributed by atoms with van der Waals surface area (Å²) in [5.41, 5.74) is 5.10. The van der Waals surface area contributed by atoms with E-state index >= 15 is 0 Å². The van der Waals surface area contributed by atoms with E-state index < -0.39 is 8.07 Å². The molecule has 0 aromatic rings. The van der Waals surface area contributed by atoms with E-state index in [1.807, 2.05) is 0 Å². The molecule has 0 bridgehead atoms. The number of nitrogens with zero attached hydrogens (tertiary/aromatic N) is 2. The Labute approximate surface area is 84.5 Å². The first-order valence-corrected chi connectivity index (χ1v) is 7.43. The second-order valence-corrected chi connectivity index (χ2v) is 7.72. The van der Waals surface area contributed by atoms with Gasteiger partial charge in [0, 0.05) is 18.7 Å². The van der Waals surface area contributed by atoms with Crippen molar-refractivity contribution < 1.29 is 15.3 Å². The standard InChI is InChI=1S/C7H19N3O3Si/c8-4-10-9-2-1-3-14(5-11,6-12)7-13/h11-13H,1-8H2. The van der Waals surface area contributed by atoms with Gasteiger partial charge in [0.1, 0.15) is 14.7 Å². The Kier molecular flexibility index (Phi) is 7.81. The summed E-state index contributed by atoms with van der Waals surface area (Å²) in [7, 11) is -2.24. The van der Waals surface area contributed by atoms with Gasteiger partial charge in [0.05, 0.1) is 6.54 Å². The van der Waals surface area contributed by atoms with Crippen LogP contribution in [-0.2, 0) is 0 Å². The van der Waals surface area contributed by atoms with Gasteiger partial charge in [-0.05, 0) is 12.5 Å². The van der Waals surface area contributed by atoms with E-state index in [-0.39, 0.29) is 25.4 Å². The quantitative estimate of drug-likeness (QED) is 0.234. The lowest BCUT2D eigenvalue weighted by Gasteiger charge is -2.23. The molecular weight excluding hydrogens is 202 g/mol. The lowest BCUT2D eigenvalue weighted by Crippen LogP contribution is -2.48. The number of rotatable bonds is 8. The van der Waals surface area contributed by atoms with Gasteiger partial charge in [-0.25, -0.2) is 0 Å². The highest BCUT2D eigenvalue weighted by molar-refractivity contribution is 6.79. The average molecular weight is 221 g/mol. The molecule has 0 aliphatic carbocycles. The van der Waals surface area contributed by atoms with Gasteiger partial charge in [0.25, 0.3) is 0 Å². The second-order valence-electron chi connectivity index (χ2n) is 3.27. The molecule has 7 heteroatoms. The predicted octanol–water partition coefficient (Wildman–Crippen LogP) is -1.21. The van der Waals surface area contributed by atoms with E-state index in [4.69, 9.17) is 21.1 Å². The minimum absolute atomic E-state index is 0.0893. The smallest absolute Gasteiger partial charge is 0.139 e. The van der Waals surface area contributed by atoms with Crippen molar-refractivity contribution in [2.45, 2.75) is 12.5 Å². The zero-order valence-electron chi connectivity index (χ0n) is 8.26. The Balaban J connectivity index is 3.76. The topological polar surface area (TPSA) is 111 Å². The zero-order chi connectivity index (χ0) is 10.9. The second kappa shape index (κ2) is 8.01. The summed E-state index contributed by atoms with van der Waals surface area (Å²) in [6, 6.07) is 0.653. The Bertz CT molecular complexity index is 156. The number of hydrogen-bond acceptors (Lipinski definition) is 6. The number of aliphatic hydroxyl groups excluding tert-OH is 3. The first kappa shape index (κ1) is 13.7. The molecule has 0 unspecified atom stereocenters. The van der Waals surface area contributed by atoms with E-state index in [9.17, 15) is 0 Å². The molecule has 0 atom stereocenters. The van der Waals surface area contributed by atoms with E-state index in [1.54, 1.807) is 0 Å². The lowest BCUT2D eigenvalue weighted by atomic mass is 10.5. The van der Waals surface area contributed by atoms with Crippen molar-refractivity contribution in [1.29, 1.82) is 0 Å². The van der Waals surface area contributed by atoms with Crippen LogP contribution < -0.4 is 5.73 Å². The van der Waals surface area contributed by atoms with Crippen LogP contribution in [0.4, 0.5) is 0 Å². The van der Waals surface area contributed by atoms with Crippen molar-refractivity contribution in [2.24, 2.45) is 16.0 Å². The molecular formula is C7H19N3O3Si. The first-order chi connectivity index (χ1) is 6.74. The van der Waals surface area contributed by atoms with E-state index in [0.29, 0.717) is 12.6 Å². The van der Waals surface area contributed by atoms with Gasteiger partial charge in [-0.1, -0.05) is 0 Å². The van der Waals surface area contributed by atoms with E-state index in [2.05, 4.69) is 10.2 Å². The number of aliphatic hydroxyl groups is 3. The number of hydrogen-bond donors (Lipinski definition) is 4. The highest BCUT2D eigenvalue weighted by atomic mass is 28.3. The zero-order valence-corrected chi connectivity index (χ0v) is 9.26. The van der Waals surface area contributed by atoms with Crippen LogP contribution in [0.1, 0.15) is 6.42 Å². The van der Waals surface area contributed by atoms with Crippen LogP contribution in [0.25, 0.3) is 0 Å². The van der Waals surface area contributed by atoms with Crippen molar-refractivity contribution in [3.05, 3.63) is 0 Å². The minimum Gasteiger partial charge on any atom is -0.399 e. The van der Waals surface area contributed by atoms with Crippen molar-refractivity contribution in [3.8, 4) is 0 Å². The van der Waals surface area contributed by atoms with Crippen molar-refractivity contribution in [3.63, 3.8) is 0 Å². The van der Waals surface area contributed by atoms with Crippen LogP contribution >= 0.6 is 0 Å². The lowest BCUT2D eigenvalue weighted by molar-refractivity contribution is 0.286. The predicted molar refractivity (Wildman–Crippen MR) is 55.2 cm³/mol. The van der Waals surface area contributed by atoms with Crippen molar-refractivity contribution in [1.82, 2.24) is 0 Å². The molecule has 0 rings (SSSR count). The molecule has 0 aliphatic rings. The van der Waals surface area contributed by atoms with Crippen LogP contribution in [-0.4, -0.2) is 55.3 Å². The summed E-state index contributed by atoms with van der Waals surface area (Å²) in [5.74, 6) is 0. The fourth-order valence-corrected chi connectivity index (χ4v) is 2.72. The van der Waals surface area contributed by atoms with Crippen LogP contribution in [0.5, 0.6) is 0 Å². The van der Waals surface area contributed by atoms with Crippen LogP contribution in [0.2, 0.25) is 6.04 Å². The summed E-state index contributed by atoms with van der Waals surface area (Å²) in [6.07, 6.45) is 0.452. The summed E-state index contributed by atoms with van der Waals surface area (Å²) < 4.78 is 0. The van der Waals surface area contributed by atoms with E-state index in [1.165, 1.54) is 0 Å². The van der Waals surface area contributed by atoms with Crippen LogP contribution in [0.3, 0.4) is 0 Å². The summed E-state index contributed by atoms with van der Waals surface area (Å²) in [4.78, 5) is 0. The molecule has 0 amide bonds. The molecule has 0 aromatic heterocycles. The highest BCUT2D eigenvalue weighted by Gasteiger charge is 2.30. The molecule has 0 fully saturated rings. The Morgan fingerprint density at radius 1 is 1.00 bits per heavy atom. The largest absolute Gasteiger partial charge is 0.399 e. The summed E-state index contributed by atoms with van der Waals surface area (Å²) in [5, 5.41) is 34.5. The van der Waals surface area contributed by atoms with Gasteiger partial charge >= 0.3 is 0 Å². The maximum absolute atomic E-state index is 9.05. The molecule has 0 aromatic carbocycles. The fraction of sp³-hybridized carbons (Fsp3) is 1.00. The van der Waals surface area contributed by atoms with Gasteiger partial charge in [-0.15, -0.1) is 0 Å². The van der Waals surface area contributed by atoms with Gasteiger partial charge in [0.15, 0.2) is 0 Å². The van der Waals surface area contributed by atoms with Gasteiger partial charge in [-0.2, -0.15) is 10.2 Å². The Morgan fingerprint density at radius 3 is 2.00 bits per heavy atom. The normalized spacial score (nSPS) is 12.6. The monoisotopic (exact) mass is 221 g/mol. The Hall–Kier alpha value is -0.343. The van der Waals surface area contributed by atoms with E-state index in [0.717, 1.165) is 6.42 Å². The van der Waals surface area contributed by atoms with Gasteiger partial charge < -0.3 is 21.1 Å². The summed E-state index contributed by atoms with van der Waals surface area (Å²) in [6.45, 7) is 0.717. The van der Waals surface area contributed by atoms with Crippen molar-refractivity contribution >= 4 is 8.07 Å². The molecule has 0 saturated heterocycles. The third-order valence-corrected chi connectivity index (χ3v) is 5.58. The number of azo groups is 1. The molecule has 0 saturated carbocycles. The molecule has 5 N–H and O–H groups in total. The third kappa shape index (κ3) is 4.77. The molecule has 0 spiro atoms. The highest BCUT2D eigenvalue weighted by Crippen LogP contribution is 2.10. The average Bonchev–Trinajstić information content (AvgIpc) is 2.24. The van der Waals surface area contributed by atoms with Crippen LogP contribution in [0, 0.1) is 0 Å². The van der Waals surface area contributed by atoms with Gasteiger partial charge in [-0.3, -0.25) is 0 Å². The first-order valence-electron chi connectivity index (χ1n) is 4.60. The van der Waals surface area contributed by atoms with Crippen LogP contribution in [0.15, 0.2) is 10.2 Å². The molecule has 6 nitrogen and oxygen atoms in total. The Morgan fingerprint density at radius 2 is 1.57 bits per heavy atom. The van der Waals surface area contributed by atoms with Gasteiger partial charge in [0.2, 0.25) is 0 Å².